The first-order valence-electron chi connectivity index (χ1n) is 7.24. The summed E-state index contributed by atoms with van der Waals surface area (Å²) < 4.78 is 5.25. The number of Topliss-reactive ketones (excluding diaryl/α,β-unsaturated/α-hetero) is 1. The van der Waals surface area contributed by atoms with Gasteiger partial charge in [-0.1, -0.05) is 12.1 Å². The van der Waals surface area contributed by atoms with Gasteiger partial charge < -0.3 is 10.1 Å². The van der Waals surface area contributed by atoms with E-state index in [4.69, 9.17) is 4.74 Å². The third kappa shape index (κ3) is 4.15. The van der Waals surface area contributed by atoms with Crippen molar-refractivity contribution >= 4 is 5.78 Å². The molecule has 0 aromatic heterocycles. The van der Waals surface area contributed by atoms with E-state index in [-0.39, 0.29) is 5.78 Å². The SMILES string of the molecule is CCOCCCNCC(=O)c1ccc2c(c1)CCC2. The van der Waals surface area contributed by atoms with E-state index in [2.05, 4.69) is 17.4 Å². The second-order valence-corrected chi connectivity index (χ2v) is 4.99. The third-order valence-corrected chi connectivity index (χ3v) is 3.55. The Morgan fingerprint density at radius 1 is 1.32 bits per heavy atom. The monoisotopic (exact) mass is 261 g/mol. The van der Waals surface area contributed by atoms with Crippen LogP contribution >= 0.6 is 0 Å². The number of carbonyl (C=O) groups is 1. The first kappa shape index (κ1) is 14.2. The summed E-state index contributed by atoms with van der Waals surface area (Å²) >= 11 is 0. The highest BCUT2D eigenvalue weighted by Gasteiger charge is 2.13. The Bertz CT molecular complexity index is 429. The number of aryl methyl sites for hydroxylation is 2. The van der Waals surface area contributed by atoms with Crippen LogP contribution in [-0.4, -0.2) is 32.1 Å². The molecule has 104 valence electrons. The van der Waals surface area contributed by atoms with Crippen molar-refractivity contribution in [1.29, 1.82) is 0 Å². The van der Waals surface area contributed by atoms with E-state index >= 15 is 0 Å². The molecule has 0 fully saturated rings. The Hall–Kier alpha value is -1.19. The van der Waals surface area contributed by atoms with Crippen LogP contribution < -0.4 is 5.32 Å². The standard InChI is InChI=1S/C16H23NO2/c1-2-19-10-4-9-17-12-16(18)15-8-7-13-5-3-6-14(13)11-15/h7-8,11,17H,2-6,9-10,12H2,1H3. The summed E-state index contributed by atoms with van der Waals surface area (Å²) in [4.78, 5) is 12.0. The normalized spacial score (nSPS) is 13.5. The maximum absolute atomic E-state index is 12.0. The van der Waals surface area contributed by atoms with Crippen molar-refractivity contribution in [3.05, 3.63) is 34.9 Å². The topological polar surface area (TPSA) is 38.3 Å². The molecule has 0 spiro atoms. The lowest BCUT2D eigenvalue weighted by molar-refractivity contribution is 0.0988. The molecule has 1 aromatic rings. The molecule has 0 amide bonds. The molecule has 1 aromatic carbocycles. The van der Waals surface area contributed by atoms with Gasteiger partial charge in [-0.25, -0.2) is 0 Å². The second-order valence-electron chi connectivity index (χ2n) is 4.99. The zero-order chi connectivity index (χ0) is 13.5. The number of hydrogen-bond acceptors (Lipinski definition) is 3. The van der Waals surface area contributed by atoms with Crippen LogP contribution in [-0.2, 0) is 17.6 Å². The summed E-state index contributed by atoms with van der Waals surface area (Å²) in [7, 11) is 0. The van der Waals surface area contributed by atoms with Gasteiger partial charge in [0.25, 0.3) is 0 Å². The molecule has 1 N–H and O–H groups in total. The zero-order valence-corrected chi connectivity index (χ0v) is 11.7. The van der Waals surface area contributed by atoms with E-state index in [1.54, 1.807) is 0 Å². The molecule has 1 aliphatic rings. The minimum absolute atomic E-state index is 0.186. The molecule has 3 heteroatoms. The van der Waals surface area contributed by atoms with Gasteiger partial charge in [0.15, 0.2) is 5.78 Å². The van der Waals surface area contributed by atoms with Crippen LogP contribution in [0.5, 0.6) is 0 Å². The predicted octanol–water partition coefficient (Wildman–Crippen LogP) is 2.37. The summed E-state index contributed by atoms with van der Waals surface area (Å²) in [5, 5.41) is 3.18. The molecule has 2 rings (SSSR count). The van der Waals surface area contributed by atoms with Crippen molar-refractivity contribution in [2.75, 3.05) is 26.3 Å². The molecule has 0 aliphatic heterocycles. The first-order valence-corrected chi connectivity index (χ1v) is 7.24. The van der Waals surface area contributed by atoms with Gasteiger partial charge >= 0.3 is 0 Å². The Labute approximate surface area is 115 Å². The van der Waals surface area contributed by atoms with Gasteiger partial charge in [-0.3, -0.25) is 4.79 Å². The van der Waals surface area contributed by atoms with Gasteiger partial charge in [0.2, 0.25) is 0 Å². The van der Waals surface area contributed by atoms with Crippen molar-refractivity contribution in [2.24, 2.45) is 0 Å². The third-order valence-electron chi connectivity index (χ3n) is 3.55. The van der Waals surface area contributed by atoms with Crippen LogP contribution in [0.3, 0.4) is 0 Å². The summed E-state index contributed by atoms with van der Waals surface area (Å²) in [5.74, 6) is 0.186. The van der Waals surface area contributed by atoms with Gasteiger partial charge in [0.1, 0.15) is 0 Å². The number of ketones is 1. The Kier molecular flexibility index (Phi) is 5.55. The Morgan fingerprint density at radius 2 is 2.16 bits per heavy atom. The summed E-state index contributed by atoms with van der Waals surface area (Å²) in [6.45, 7) is 4.76. The fraction of sp³-hybridized carbons (Fsp3) is 0.562. The molecule has 0 heterocycles. The van der Waals surface area contributed by atoms with Crippen molar-refractivity contribution in [2.45, 2.75) is 32.6 Å². The number of ether oxygens (including phenoxy) is 1. The summed E-state index contributed by atoms with van der Waals surface area (Å²) in [6, 6.07) is 6.16. The average Bonchev–Trinajstić information content (AvgIpc) is 2.89. The van der Waals surface area contributed by atoms with E-state index in [1.165, 1.54) is 24.0 Å². The van der Waals surface area contributed by atoms with Crippen LogP contribution in [0.15, 0.2) is 18.2 Å². The summed E-state index contributed by atoms with van der Waals surface area (Å²) in [5.41, 5.74) is 3.63. The minimum atomic E-state index is 0.186. The number of nitrogens with one attached hydrogen (secondary N) is 1. The Morgan fingerprint density at radius 3 is 3.00 bits per heavy atom. The minimum Gasteiger partial charge on any atom is -0.382 e. The van der Waals surface area contributed by atoms with E-state index in [0.29, 0.717) is 6.54 Å². The highest BCUT2D eigenvalue weighted by molar-refractivity contribution is 5.97. The molecule has 0 saturated heterocycles. The van der Waals surface area contributed by atoms with Crippen molar-refractivity contribution < 1.29 is 9.53 Å². The molecule has 0 unspecified atom stereocenters. The van der Waals surface area contributed by atoms with Crippen molar-refractivity contribution in [3.8, 4) is 0 Å². The average molecular weight is 261 g/mol. The van der Waals surface area contributed by atoms with Crippen LogP contribution in [0, 0.1) is 0 Å². The van der Waals surface area contributed by atoms with Crippen molar-refractivity contribution in [3.63, 3.8) is 0 Å². The molecule has 19 heavy (non-hydrogen) atoms. The van der Waals surface area contributed by atoms with Crippen LogP contribution in [0.4, 0.5) is 0 Å². The highest BCUT2D eigenvalue weighted by atomic mass is 16.5. The Balaban J connectivity index is 1.74. The zero-order valence-electron chi connectivity index (χ0n) is 11.7. The van der Waals surface area contributed by atoms with Crippen LogP contribution in [0.25, 0.3) is 0 Å². The van der Waals surface area contributed by atoms with Crippen LogP contribution in [0.1, 0.15) is 41.3 Å². The second kappa shape index (κ2) is 7.41. The van der Waals surface area contributed by atoms with Gasteiger partial charge in [-0.05, 0) is 56.3 Å². The smallest absolute Gasteiger partial charge is 0.176 e. The molecule has 0 radical (unpaired) electrons. The van der Waals surface area contributed by atoms with Gasteiger partial charge in [-0.2, -0.15) is 0 Å². The quantitative estimate of drug-likeness (QED) is 0.577. The molecule has 0 saturated carbocycles. The molecule has 3 nitrogen and oxygen atoms in total. The lowest BCUT2D eigenvalue weighted by Crippen LogP contribution is -2.24. The first-order chi connectivity index (χ1) is 9.31. The number of rotatable bonds is 8. The van der Waals surface area contributed by atoms with Crippen molar-refractivity contribution in [1.82, 2.24) is 5.32 Å². The highest BCUT2D eigenvalue weighted by Crippen LogP contribution is 2.22. The fourth-order valence-corrected chi connectivity index (χ4v) is 2.49. The number of carbonyl (C=O) groups excluding carboxylic acids is 1. The van der Waals surface area contributed by atoms with Gasteiger partial charge in [-0.15, -0.1) is 0 Å². The molecular formula is C16H23NO2. The fourth-order valence-electron chi connectivity index (χ4n) is 2.49. The van der Waals surface area contributed by atoms with E-state index in [1.807, 2.05) is 13.0 Å². The molecule has 0 atom stereocenters. The maximum atomic E-state index is 12.0. The van der Waals surface area contributed by atoms with E-state index in [9.17, 15) is 4.79 Å². The predicted molar refractivity (Wildman–Crippen MR) is 76.8 cm³/mol. The largest absolute Gasteiger partial charge is 0.382 e. The number of benzene rings is 1. The molecule has 1 aliphatic carbocycles. The van der Waals surface area contributed by atoms with Crippen LogP contribution in [0.2, 0.25) is 0 Å². The molecule has 0 bridgehead atoms. The lowest BCUT2D eigenvalue weighted by atomic mass is 10.0. The number of hydrogen-bond donors (Lipinski definition) is 1. The lowest BCUT2D eigenvalue weighted by Gasteiger charge is -2.06. The van der Waals surface area contributed by atoms with E-state index in [0.717, 1.165) is 38.2 Å². The van der Waals surface area contributed by atoms with Gasteiger partial charge in [0.05, 0.1) is 6.54 Å². The number of fused-ring (bicyclic) bond motifs is 1. The maximum Gasteiger partial charge on any atom is 0.176 e. The molecular weight excluding hydrogens is 238 g/mol. The summed E-state index contributed by atoms with van der Waals surface area (Å²) in [6.07, 6.45) is 4.46. The van der Waals surface area contributed by atoms with E-state index < -0.39 is 0 Å². The van der Waals surface area contributed by atoms with Gasteiger partial charge in [0, 0.05) is 18.8 Å².